The number of piperidine rings is 1. The second kappa shape index (κ2) is 7.02. The molecule has 2 rings (SSSR count). The summed E-state index contributed by atoms with van der Waals surface area (Å²) < 4.78 is 19.4. The van der Waals surface area contributed by atoms with Crippen molar-refractivity contribution >= 4 is 27.8 Å². The fraction of sp³-hybridized carbons (Fsp3) is 0.467. The molecule has 114 valence electrons. The highest BCUT2D eigenvalue weighted by molar-refractivity contribution is 9.10. The Morgan fingerprint density at radius 2 is 2.24 bits per heavy atom. The van der Waals surface area contributed by atoms with Crippen LogP contribution in [0.25, 0.3) is 0 Å². The Balaban J connectivity index is 2.10. The summed E-state index contributed by atoms with van der Waals surface area (Å²) in [6.45, 7) is 2.89. The molecule has 0 N–H and O–H groups in total. The minimum Gasteiger partial charge on any atom is -0.466 e. The number of benzene rings is 1. The molecule has 1 aliphatic rings. The number of amides is 1. The van der Waals surface area contributed by atoms with Gasteiger partial charge in [0.1, 0.15) is 5.82 Å². The molecule has 1 aromatic rings. The molecule has 1 aliphatic heterocycles. The molecule has 21 heavy (non-hydrogen) atoms. The van der Waals surface area contributed by atoms with Crippen LogP contribution in [0.3, 0.4) is 0 Å². The van der Waals surface area contributed by atoms with Crippen LogP contribution in [0.5, 0.6) is 0 Å². The molecule has 0 unspecified atom stereocenters. The molecule has 1 heterocycles. The van der Waals surface area contributed by atoms with E-state index in [0.29, 0.717) is 30.5 Å². The van der Waals surface area contributed by atoms with Crippen LogP contribution in [0.2, 0.25) is 0 Å². The molecule has 0 radical (unpaired) electrons. The van der Waals surface area contributed by atoms with E-state index >= 15 is 0 Å². The summed E-state index contributed by atoms with van der Waals surface area (Å²) in [6.07, 6.45) is 1.42. The Hall–Kier alpha value is -1.43. The average molecular weight is 358 g/mol. The van der Waals surface area contributed by atoms with Crippen molar-refractivity contribution in [2.24, 2.45) is 5.92 Å². The molecule has 4 nitrogen and oxygen atoms in total. The first kappa shape index (κ1) is 15.9. The summed E-state index contributed by atoms with van der Waals surface area (Å²) in [7, 11) is 0. The highest BCUT2D eigenvalue weighted by Gasteiger charge is 2.30. The second-order valence-electron chi connectivity index (χ2n) is 4.97. The minimum absolute atomic E-state index is 0.0303. The number of rotatable bonds is 3. The summed E-state index contributed by atoms with van der Waals surface area (Å²) in [6, 6.07) is 4.35. The van der Waals surface area contributed by atoms with Gasteiger partial charge in [-0.25, -0.2) is 4.39 Å². The Bertz CT molecular complexity index is 550. The molecule has 0 aromatic heterocycles. The van der Waals surface area contributed by atoms with Crippen molar-refractivity contribution in [1.29, 1.82) is 0 Å². The zero-order valence-corrected chi connectivity index (χ0v) is 13.4. The summed E-state index contributed by atoms with van der Waals surface area (Å²) in [5.41, 5.74) is 0.0303. The van der Waals surface area contributed by atoms with Crippen molar-refractivity contribution < 1.29 is 18.7 Å². The van der Waals surface area contributed by atoms with Gasteiger partial charge in [-0.2, -0.15) is 0 Å². The third kappa shape index (κ3) is 3.81. The van der Waals surface area contributed by atoms with E-state index in [2.05, 4.69) is 15.9 Å². The Morgan fingerprint density at radius 1 is 1.48 bits per heavy atom. The van der Waals surface area contributed by atoms with Gasteiger partial charge in [-0.1, -0.05) is 15.9 Å². The summed E-state index contributed by atoms with van der Waals surface area (Å²) in [5, 5.41) is 0. The van der Waals surface area contributed by atoms with Crippen LogP contribution in [-0.2, 0) is 9.53 Å². The number of ether oxygens (including phenoxy) is 1. The second-order valence-corrected chi connectivity index (χ2v) is 5.88. The van der Waals surface area contributed by atoms with Crippen LogP contribution in [0, 0.1) is 11.7 Å². The van der Waals surface area contributed by atoms with Gasteiger partial charge >= 0.3 is 5.97 Å². The van der Waals surface area contributed by atoms with Gasteiger partial charge in [0, 0.05) is 17.6 Å². The lowest BCUT2D eigenvalue weighted by atomic mass is 9.97. The van der Waals surface area contributed by atoms with Crippen LogP contribution >= 0.6 is 15.9 Å². The highest BCUT2D eigenvalue weighted by Crippen LogP contribution is 2.22. The number of halogens is 2. The van der Waals surface area contributed by atoms with Crippen molar-refractivity contribution in [2.45, 2.75) is 19.8 Å². The van der Waals surface area contributed by atoms with E-state index in [4.69, 9.17) is 4.74 Å². The average Bonchev–Trinajstić information content (AvgIpc) is 2.47. The van der Waals surface area contributed by atoms with E-state index in [1.807, 2.05) is 0 Å². The topological polar surface area (TPSA) is 46.6 Å². The molecule has 1 fully saturated rings. The van der Waals surface area contributed by atoms with Gasteiger partial charge in [-0.15, -0.1) is 0 Å². The fourth-order valence-electron chi connectivity index (χ4n) is 2.45. The largest absolute Gasteiger partial charge is 0.466 e. The SMILES string of the molecule is CCOC(=O)[C@@H]1CCCN(C(=O)c2ccc(Br)cc2F)C1. The van der Waals surface area contributed by atoms with Crippen LogP contribution in [0.4, 0.5) is 4.39 Å². The van der Waals surface area contributed by atoms with Gasteiger partial charge in [0.05, 0.1) is 18.1 Å². The van der Waals surface area contributed by atoms with E-state index < -0.39 is 5.82 Å². The smallest absolute Gasteiger partial charge is 0.310 e. The van der Waals surface area contributed by atoms with Gasteiger partial charge in [-0.3, -0.25) is 9.59 Å². The molecule has 0 saturated carbocycles. The maximum absolute atomic E-state index is 13.9. The Kier molecular flexibility index (Phi) is 5.33. The van der Waals surface area contributed by atoms with Crippen molar-refractivity contribution in [3.05, 3.63) is 34.1 Å². The number of esters is 1. The van der Waals surface area contributed by atoms with E-state index in [-0.39, 0.29) is 29.9 Å². The van der Waals surface area contributed by atoms with Gasteiger partial charge in [-0.05, 0) is 38.0 Å². The van der Waals surface area contributed by atoms with Crippen molar-refractivity contribution in [3.8, 4) is 0 Å². The Morgan fingerprint density at radius 3 is 2.90 bits per heavy atom. The first-order chi connectivity index (χ1) is 10.0. The minimum atomic E-state index is -0.562. The summed E-state index contributed by atoms with van der Waals surface area (Å²) in [5.74, 6) is -1.55. The number of carbonyl (C=O) groups excluding carboxylic acids is 2. The molecule has 1 saturated heterocycles. The third-order valence-corrected chi connectivity index (χ3v) is 3.98. The Labute approximate surface area is 131 Å². The molecule has 0 bridgehead atoms. The van der Waals surface area contributed by atoms with Crippen LogP contribution in [0.1, 0.15) is 30.1 Å². The predicted octanol–water partition coefficient (Wildman–Crippen LogP) is 3.00. The molecule has 6 heteroatoms. The molecule has 1 amide bonds. The van der Waals surface area contributed by atoms with Gasteiger partial charge in [0.15, 0.2) is 0 Å². The summed E-state index contributed by atoms with van der Waals surface area (Å²) >= 11 is 3.16. The lowest BCUT2D eigenvalue weighted by Gasteiger charge is -2.31. The lowest BCUT2D eigenvalue weighted by Crippen LogP contribution is -2.43. The fourth-order valence-corrected chi connectivity index (χ4v) is 2.78. The van der Waals surface area contributed by atoms with E-state index in [1.54, 1.807) is 13.0 Å². The van der Waals surface area contributed by atoms with Crippen molar-refractivity contribution in [2.75, 3.05) is 19.7 Å². The molecular formula is C15H17BrFNO3. The van der Waals surface area contributed by atoms with Gasteiger partial charge in [0.2, 0.25) is 0 Å². The monoisotopic (exact) mass is 357 g/mol. The van der Waals surface area contributed by atoms with E-state index in [9.17, 15) is 14.0 Å². The van der Waals surface area contributed by atoms with Crippen LogP contribution in [-0.4, -0.2) is 36.5 Å². The maximum atomic E-state index is 13.9. The van der Waals surface area contributed by atoms with Gasteiger partial charge in [0.25, 0.3) is 5.91 Å². The molecule has 0 aliphatic carbocycles. The molecule has 1 aromatic carbocycles. The molecule has 0 spiro atoms. The number of carbonyl (C=O) groups is 2. The van der Waals surface area contributed by atoms with Crippen molar-refractivity contribution in [1.82, 2.24) is 4.90 Å². The standard InChI is InChI=1S/C15H17BrFNO3/c1-2-21-15(20)10-4-3-7-18(9-10)14(19)12-6-5-11(16)8-13(12)17/h5-6,8,10H,2-4,7,9H2,1H3/t10-/m1/s1. The highest BCUT2D eigenvalue weighted by atomic mass is 79.9. The first-order valence-corrected chi connectivity index (χ1v) is 7.73. The van der Waals surface area contributed by atoms with Crippen LogP contribution in [0.15, 0.2) is 22.7 Å². The lowest BCUT2D eigenvalue weighted by molar-refractivity contribution is -0.149. The molecular weight excluding hydrogens is 341 g/mol. The predicted molar refractivity (Wildman–Crippen MR) is 79.4 cm³/mol. The number of hydrogen-bond donors (Lipinski definition) is 0. The zero-order chi connectivity index (χ0) is 15.4. The number of hydrogen-bond acceptors (Lipinski definition) is 3. The maximum Gasteiger partial charge on any atom is 0.310 e. The van der Waals surface area contributed by atoms with Gasteiger partial charge < -0.3 is 9.64 Å². The normalized spacial score (nSPS) is 18.4. The van der Waals surface area contributed by atoms with Crippen molar-refractivity contribution in [3.63, 3.8) is 0 Å². The summed E-state index contributed by atoms with van der Waals surface area (Å²) in [4.78, 5) is 25.7. The number of nitrogens with zero attached hydrogens (tertiary/aromatic N) is 1. The van der Waals surface area contributed by atoms with E-state index in [1.165, 1.54) is 17.0 Å². The van der Waals surface area contributed by atoms with E-state index in [0.717, 1.165) is 0 Å². The number of likely N-dealkylation sites (tertiary alicyclic amines) is 1. The third-order valence-electron chi connectivity index (χ3n) is 3.49. The molecule has 1 atom stereocenters. The van der Waals surface area contributed by atoms with Crippen LogP contribution < -0.4 is 0 Å². The quantitative estimate of drug-likeness (QED) is 0.781. The zero-order valence-electron chi connectivity index (χ0n) is 11.8. The first-order valence-electron chi connectivity index (χ1n) is 6.94.